The summed E-state index contributed by atoms with van der Waals surface area (Å²) >= 11 is 0. The average molecular weight is 192 g/mol. The normalized spacial score (nSPS) is 10.7. The van der Waals surface area contributed by atoms with Crippen LogP contribution in [0.25, 0.3) is 6.08 Å². The Morgan fingerprint density at radius 3 is 2.21 bits per heavy atom. The molecule has 3 heteroatoms. The van der Waals surface area contributed by atoms with Crippen molar-refractivity contribution in [1.82, 2.24) is 0 Å². The van der Waals surface area contributed by atoms with Gasteiger partial charge in [-0.05, 0) is 48.7 Å². The quantitative estimate of drug-likeness (QED) is 0.705. The van der Waals surface area contributed by atoms with Crippen LogP contribution in [0.4, 0.5) is 0 Å². The molecule has 0 aliphatic carbocycles. The molecule has 0 saturated heterocycles. The first-order valence-corrected chi connectivity index (χ1v) is 4.22. The number of benzene rings is 1. The van der Waals surface area contributed by atoms with Crippen LogP contribution in [0.1, 0.15) is 16.7 Å². The summed E-state index contributed by atoms with van der Waals surface area (Å²) in [7, 11) is 0. The predicted octanol–water partition coefficient (Wildman–Crippen LogP) is 2.11. The Kier molecular flexibility index (Phi) is 2.92. The van der Waals surface area contributed by atoms with Crippen molar-refractivity contribution in [2.45, 2.75) is 13.8 Å². The molecule has 0 fully saturated rings. The van der Waals surface area contributed by atoms with Gasteiger partial charge in [-0.25, -0.2) is 4.79 Å². The van der Waals surface area contributed by atoms with E-state index in [1.165, 1.54) is 6.08 Å². The molecule has 0 heterocycles. The summed E-state index contributed by atoms with van der Waals surface area (Å²) < 4.78 is 0. The van der Waals surface area contributed by atoms with E-state index in [1.807, 2.05) is 0 Å². The number of hydrogen-bond acceptors (Lipinski definition) is 2. The van der Waals surface area contributed by atoms with Crippen LogP contribution in [0.15, 0.2) is 18.2 Å². The number of carbonyl (C=O) groups is 1. The van der Waals surface area contributed by atoms with E-state index >= 15 is 0 Å². The van der Waals surface area contributed by atoms with E-state index in [2.05, 4.69) is 0 Å². The van der Waals surface area contributed by atoms with Gasteiger partial charge in [-0.1, -0.05) is 0 Å². The minimum absolute atomic E-state index is 0.262. The lowest BCUT2D eigenvalue weighted by atomic mass is 10.1. The zero-order chi connectivity index (χ0) is 10.7. The standard InChI is InChI=1S/C11H12O3/c1-7-5-9(3-4-10(12)13)6-8(2)11(7)14/h3-6,14H,1-2H3,(H,12,13). The Hall–Kier alpha value is -1.77. The Morgan fingerprint density at radius 2 is 1.79 bits per heavy atom. The van der Waals surface area contributed by atoms with E-state index < -0.39 is 5.97 Å². The SMILES string of the molecule is Cc1cc(C=CC(=O)O)cc(C)c1O. The summed E-state index contributed by atoms with van der Waals surface area (Å²) in [6.45, 7) is 3.56. The molecule has 1 aromatic rings. The van der Waals surface area contributed by atoms with Crippen LogP contribution < -0.4 is 0 Å². The fraction of sp³-hybridized carbons (Fsp3) is 0.182. The van der Waals surface area contributed by atoms with E-state index in [-0.39, 0.29) is 5.75 Å². The number of carboxylic acids is 1. The first-order valence-electron chi connectivity index (χ1n) is 4.22. The lowest BCUT2D eigenvalue weighted by Gasteiger charge is -2.04. The van der Waals surface area contributed by atoms with Crippen LogP contribution >= 0.6 is 0 Å². The van der Waals surface area contributed by atoms with Crippen LogP contribution in [0.3, 0.4) is 0 Å². The van der Waals surface area contributed by atoms with Crippen molar-refractivity contribution in [2.24, 2.45) is 0 Å². The second kappa shape index (κ2) is 3.96. The van der Waals surface area contributed by atoms with Gasteiger partial charge >= 0.3 is 5.97 Å². The lowest BCUT2D eigenvalue weighted by Crippen LogP contribution is -1.87. The highest BCUT2D eigenvalue weighted by atomic mass is 16.4. The molecule has 0 aliphatic heterocycles. The van der Waals surface area contributed by atoms with Crippen LogP contribution in [0.5, 0.6) is 5.75 Å². The minimum atomic E-state index is -0.978. The number of aryl methyl sites for hydroxylation is 2. The van der Waals surface area contributed by atoms with E-state index in [0.29, 0.717) is 0 Å². The van der Waals surface area contributed by atoms with Gasteiger partial charge in [-0.3, -0.25) is 0 Å². The van der Waals surface area contributed by atoms with Gasteiger partial charge in [0.1, 0.15) is 5.75 Å². The largest absolute Gasteiger partial charge is 0.507 e. The molecule has 0 spiro atoms. The Balaban J connectivity index is 3.07. The van der Waals surface area contributed by atoms with Crippen molar-refractivity contribution >= 4 is 12.0 Å². The number of aromatic hydroxyl groups is 1. The topological polar surface area (TPSA) is 57.5 Å². The van der Waals surface area contributed by atoms with Gasteiger partial charge < -0.3 is 10.2 Å². The lowest BCUT2D eigenvalue weighted by molar-refractivity contribution is -0.131. The Labute approximate surface area is 82.3 Å². The maximum absolute atomic E-state index is 10.3. The van der Waals surface area contributed by atoms with Gasteiger partial charge in [0.25, 0.3) is 0 Å². The predicted molar refractivity (Wildman–Crippen MR) is 54.3 cm³/mol. The first-order chi connectivity index (χ1) is 6.50. The highest BCUT2D eigenvalue weighted by molar-refractivity contribution is 5.85. The summed E-state index contributed by atoms with van der Waals surface area (Å²) in [4.78, 5) is 10.3. The molecule has 0 saturated carbocycles. The van der Waals surface area contributed by atoms with Gasteiger partial charge in [0.05, 0.1) is 0 Å². The first kappa shape index (κ1) is 10.3. The molecule has 1 rings (SSSR count). The zero-order valence-corrected chi connectivity index (χ0v) is 8.11. The second-order valence-corrected chi connectivity index (χ2v) is 3.17. The second-order valence-electron chi connectivity index (χ2n) is 3.17. The third-order valence-corrected chi connectivity index (χ3v) is 1.93. The summed E-state index contributed by atoms with van der Waals surface area (Å²) in [5, 5.41) is 17.9. The molecule has 0 radical (unpaired) electrons. The number of aliphatic carboxylic acids is 1. The molecule has 74 valence electrons. The van der Waals surface area contributed by atoms with Crippen LogP contribution in [-0.4, -0.2) is 16.2 Å². The maximum atomic E-state index is 10.3. The molecule has 0 unspecified atom stereocenters. The van der Waals surface area contributed by atoms with Gasteiger partial charge in [-0.15, -0.1) is 0 Å². The third kappa shape index (κ3) is 2.36. The van der Waals surface area contributed by atoms with Crippen LogP contribution in [0, 0.1) is 13.8 Å². The monoisotopic (exact) mass is 192 g/mol. The highest BCUT2D eigenvalue weighted by Crippen LogP contribution is 2.23. The van der Waals surface area contributed by atoms with E-state index in [1.54, 1.807) is 26.0 Å². The molecular weight excluding hydrogens is 180 g/mol. The zero-order valence-electron chi connectivity index (χ0n) is 8.11. The molecule has 0 aliphatic rings. The molecule has 0 atom stereocenters. The molecule has 1 aromatic carbocycles. The molecule has 3 nitrogen and oxygen atoms in total. The summed E-state index contributed by atoms with van der Waals surface area (Å²) in [6, 6.07) is 3.48. The summed E-state index contributed by atoms with van der Waals surface area (Å²) in [5.41, 5.74) is 2.27. The van der Waals surface area contributed by atoms with Gasteiger partial charge in [0.15, 0.2) is 0 Å². The van der Waals surface area contributed by atoms with Gasteiger partial charge in [0, 0.05) is 6.08 Å². The molecular formula is C11H12O3. The number of phenolic OH excluding ortho intramolecular Hbond substituents is 1. The van der Waals surface area contributed by atoms with Crippen molar-refractivity contribution in [3.05, 3.63) is 34.9 Å². The molecule has 0 bridgehead atoms. The highest BCUT2D eigenvalue weighted by Gasteiger charge is 2.01. The van der Waals surface area contributed by atoms with E-state index in [0.717, 1.165) is 22.8 Å². The van der Waals surface area contributed by atoms with Crippen molar-refractivity contribution in [3.63, 3.8) is 0 Å². The van der Waals surface area contributed by atoms with E-state index in [4.69, 9.17) is 5.11 Å². The minimum Gasteiger partial charge on any atom is -0.507 e. The van der Waals surface area contributed by atoms with Crippen molar-refractivity contribution in [2.75, 3.05) is 0 Å². The molecule has 0 aromatic heterocycles. The molecule has 14 heavy (non-hydrogen) atoms. The van der Waals surface area contributed by atoms with Crippen LogP contribution in [0.2, 0.25) is 0 Å². The summed E-state index contributed by atoms with van der Waals surface area (Å²) in [6.07, 6.45) is 2.58. The molecule has 2 N–H and O–H groups in total. The van der Waals surface area contributed by atoms with Crippen LogP contribution in [-0.2, 0) is 4.79 Å². The Morgan fingerprint density at radius 1 is 1.29 bits per heavy atom. The number of carboxylic acid groups (broad SMARTS) is 1. The van der Waals surface area contributed by atoms with Crippen molar-refractivity contribution in [3.8, 4) is 5.75 Å². The van der Waals surface area contributed by atoms with Crippen molar-refractivity contribution < 1.29 is 15.0 Å². The van der Waals surface area contributed by atoms with Gasteiger partial charge in [0.2, 0.25) is 0 Å². The fourth-order valence-electron chi connectivity index (χ4n) is 1.25. The maximum Gasteiger partial charge on any atom is 0.328 e. The fourth-order valence-corrected chi connectivity index (χ4v) is 1.25. The average Bonchev–Trinajstić information content (AvgIpc) is 2.10. The number of phenols is 1. The third-order valence-electron chi connectivity index (χ3n) is 1.93. The van der Waals surface area contributed by atoms with Crippen molar-refractivity contribution in [1.29, 1.82) is 0 Å². The van der Waals surface area contributed by atoms with Gasteiger partial charge in [-0.2, -0.15) is 0 Å². The molecule has 0 amide bonds. The van der Waals surface area contributed by atoms with E-state index in [9.17, 15) is 9.90 Å². The number of rotatable bonds is 2. The summed E-state index contributed by atoms with van der Waals surface area (Å²) in [5.74, 6) is -0.717. The Bertz CT molecular complexity index is 369. The number of hydrogen-bond donors (Lipinski definition) is 2. The smallest absolute Gasteiger partial charge is 0.328 e.